The number of rotatable bonds is 0. The van der Waals surface area contributed by atoms with Crippen molar-refractivity contribution in [3.63, 3.8) is 0 Å². The largest absolute Gasteiger partial charge is 0.411 e. The number of aliphatic hydroxyl groups is 1. The standard InChI is InChI=1S/C19H31NO2/c1-18-9-7-13(21)11-12(18)3-4-14-15-5-6-17(20-22)19(15,2)10-8-16(14)18/h12-16,21-22H,3-11H2,1-2H3/t12?,13-,14-,15-,16-,18-,19-/m0/s1. The zero-order chi connectivity index (χ0) is 15.5. The van der Waals surface area contributed by atoms with Gasteiger partial charge in [0, 0.05) is 5.41 Å². The molecule has 0 aromatic heterocycles. The second kappa shape index (κ2) is 4.96. The predicted octanol–water partition coefficient (Wildman–Crippen LogP) is 4.22. The van der Waals surface area contributed by atoms with Crippen LogP contribution in [0.2, 0.25) is 0 Å². The first-order valence-corrected chi connectivity index (χ1v) is 9.38. The van der Waals surface area contributed by atoms with Crippen LogP contribution in [0.5, 0.6) is 0 Å². The summed E-state index contributed by atoms with van der Waals surface area (Å²) in [6.45, 7) is 4.88. The Balaban J connectivity index is 1.63. The molecular formula is C19H31NO2. The molecule has 1 unspecified atom stereocenters. The summed E-state index contributed by atoms with van der Waals surface area (Å²) < 4.78 is 0. The van der Waals surface area contributed by atoms with Crippen molar-refractivity contribution < 1.29 is 10.3 Å². The molecule has 7 atom stereocenters. The highest BCUT2D eigenvalue weighted by Crippen LogP contribution is 2.65. The minimum atomic E-state index is -0.0527. The fraction of sp³-hybridized carbons (Fsp3) is 0.947. The maximum atomic E-state index is 10.1. The van der Waals surface area contributed by atoms with E-state index in [1.54, 1.807) is 0 Å². The highest BCUT2D eigenvalue weighted by Gasteiger charge is 2.59. The van der Waals surface area contributed by atoms with Crippen molar-refractivity contribution in [2.75, 3.05) is 0 Å². The van der Waals surface area contributed by atoms with Crippen molar-refractivity contribution in [2.45, 2.75) is 77.7 Å². The maximum absolute atomic E-state index is 10.1. The molecule has 0 spiro atoms. The summed E-state index contributed by atoms with van der Waals surface area (Å²) in [5.74, 6) is 3.10. The van der Waals surface area contributed by atoms with Crippen molar-refractivity contribution in [1.29, 1.82) is 0 Å². The van der Waals surface area contributed by atoms with Gasteiger partial charge in [-0.1, -0.05) is 19.0 Å². The number of aliphatic hydroxyl groups excluding tert-OH is 1. The van der Waals surface area contributed by atoms with Crippen LogP contribution in [0.25, 0.3) is 0 Å². The summed E-state index contributed by atoms with van der Waals surface area (Å²) in [7, 11) is 0. The molecule has 0 aromatic carbocycles. The Morgan fingerprint density at radius 3 is 2.59 bits per heavy atom. The quantitative estimate of drug-likeness (QED) is 0.520. The summed E-state index contributed by atoms with van der Waals surface area (Å²) in [6.07, 6.45) is 10.5. The minimum Gasteiger partial charge on any atom is -0.411 e. The fourth-order valence-electron chi connectivity index (χ4n) is 7.19. The van der Waals surface area contributed by atoms with Gasteiger partial charge < -0.3 is 10.3 Å². The van der Waals surface area contributed by atoms with E-state index in [2.05, 4.69) is 19.0 Å². The van der Waals surface area contributed by atoms with Gasteiger partial charge in [0.1, 0.15) is 0 Å². The Morgan fingerprint density at radius 1 is 1.00 bits per heavy atom. The van der Waals surface area contributed by atoms with Crippen LogP contribution < -0.4 is 0 Å². The summed E-state index contributed by atoms with van der Waals surface area (Å²) >= 11 is 0. The van der Waals surface area contributed by atoms with E-state index in [4.69, 9.17) is 0 Å². The molecule has 0 aliphatic heterocycles. The summed E-state index contributed by atoms with van der Waals surface area (Å²) in [5, 5.41) is 23.1. The van der Waals surface area contributed by atoms with Crippen molar-refractivity contribution >= 4 is 5.71 Å². The highest BCUT2D eigenvalue weighted by atomic mass is 16.4. The second-order valence-electron chi connectivity index (χ2n) is 9.13. The molecule has 3 heteroatoms. The van der Waals surface area contributed by atoms with Crippen molar-refractivity contribution in [2.24, 2.45) is 39.7 Å². The van der Waals surface area contributed by atoms with Crippen molar-refractivity contribution in [3.8, 4) is 0 Å². The average molecular weight is 305 g/mol. The Kier molecular flexibility index (Phi) is 3.38. The van der Waals surface area contributed by atoms with Gasteiger partial charge in [0.2, 0.25) is 0 Å². The zero-order valence-electron chi connectivity index (χ0n) is 14.1. The first kappa shape index (κ1) is 15.0. The van der Waals surface area contributed by atoms with Crippen LogP contribution in [0.4, 0.5) is 0 Å². The van der Waals surface area contributed by atoms with E-state index in [0.29, 0.717) is 5.41 Å². The Labute approximate surface area is 134 Å². The zero-order valence-corrected chi connectivity index (χ0v) is 14.1. The van der Waals surface area contributed by atoms with Gasteiger partial charge in [0.15, 0.2) is 0 Å². The molecule has 124 valence electrons. The van der Waals surface area contributed by atoms with Crippen molar-refractivity contribution in [3.05, 3.63) is 0 Å². The van der Waals surface area contributed by atoms with Gasteiger partial charge in [-0.05, 0) is 86.9 Å². The lowest BCUT2D eigenvalue weighted by molar-refractivity contribution is -0.114. The van der Waals surface area contributed by atoms with Gasteiger partial charge in [0.25, 0.3) is 0 Å². The first-order chi connectivity index (χ1) is 10.5. The van der Waals surface area contributed by atoms with Gasteiger partial charge in [-0.25, -0.2) is 0 Å². The number of fused-ring (bicyclic) bond motifs is 5. The molecule has 0 aromatic rings. The SMILES string of the molecule is C[C@]12CC[C@H](O)CC1CC[C@@H]1[C@@H]2CC[C@]2(C)C(=NO)CC[C@@H]12. The van der Waals surface area contributed by atoms with Gasteiger partial charge in [-0.3, -0.25) is 0 Å². The summed E-state index contributed by atoms with van der Waals surface area (Å²) in [6, 6.07) is 0. The predicted molar refractivity (Wildman–Crippen MR) is 87.0 cm³/mol. The van der Waals surface area contributed by atoms with E-state index in [9.17, 15) is 10.3 Å². The van der Waals surface area contributed by atoms with Crippen LogP contribution in [0, 0.1) is 34.5 Å². The molecule has 2 N–H and O–H groups in total. The monoisotopic (exact) mass is 305 g/mol. The van der Waals surface area contributed by atoms with E-state index in [1.165, 1.54) is 38.5 Å². The third-order valence-corrected chi connectivity index (χ3v) is 8.50. The van der Waals surface area contributed by atoms with Crippen molar-refractivity contribution in [1.82, 2.24) is 0 Å². The molecule has 4 fully saturated rings. The number of hydrogen-bond donors (Lipinski definition) is 2. The van der Waals surface area contributed by atoms with Crippen LogP contribution in [-0.4, -0.2) is 22.1 Å². The summed E-state index contributed by atoms with van der Waals surface area (Å²) in [4.78, 5) is 0. The lowest BCUT2D eigenvalue weighted by Crippen LogP contribution is -2.54. The molecule has 0 radical (unpaired) electrons. The van der Waals surface area contributed by atoms with E-state index in [0.717, 1.165) is 48.6 Å². The Morgan fingerprint density at radius 2 is 1.82 bits per heavy atom. The lowest BCUT2D eigenvalue weighted by Gasteiger charge is -2.60. The number of hydrogen-bond acceptors (Lipinski definition) is 3. The van der Waals surface area contributed by atoms with Crippen LogP contribution in [-0.2, 0) is 0 Å². The van der Waals surface area contributed by atoms with Crippen LogP contribution in [0.15, 0.2) is 5.16 Å². The Hall–Kier alpha value is -0.570. The number of nitrogens with zero attached hydrogens (tertiary/aromatic N) is 1. The van der Waals surface area contributed by atoms with Gasteiger partial charge in [-0.2, -0.15) is 0 Å². The smallest absolute Gasteiger partial charge is 0.0632 e. The molecule has 4 rings (SSSR count). The van der Waals surface area contributed by atoms with Crippen LogP contribution >= 0.6 is 0 Å². The normalized spacial score (nSPS) is 56.3. The first-order valence-electron chi connectivity index (χ1n) is 9.38. The van der Waals surface area contributed by atoms with E-state index < -0.39 is 0 Å². The van der Waals surface area contributed by atoms with Crippen LogP contribution in [0.3, 0.4) is 0 Å². The highest BCUT2D eigenvalue weighted by molar-refractivity contribution is 5.91. The lowest BCUT2D eigenvalue weighted by atomic mass is 9.45. The fourth-order valence-corrected chi connectivity index (χ4v) is 7.19. The minimum absolute atomic E-state index is 0.0527. The van der Waals surface area contributed by atoms with Crippen LogP contribution in [0.1, 0.15) is 71.6 Å². The van der Waals surface area contributed by atoms with E-state index in [-0.39, 0.29) is 11.5 Å². The molecule has 4 aliphatic carbocycles. The molecule has 0 bridgehead atoms. The van der Waals surface area contributed by atoms with E-state index >= 15 is 0 Å². The summed E-state index contributed by atoms with van der Waals surface area (Å²) in [5.41, 5.74) is 1.68. The third-order valence-electron chi connectivity index (χ3n) is 8.50. The Bertz CT molecular complexity index is 490. The molecule has 3 nitrogen and oxygen atoms in total. The molecule has 4 aliphatic rings. The van der Waals surface area contributed by atoms with Gasteiger partial charge >= 0.3 is 0 Å². The molecule has 0 heterocycles. The maximum Gasteiger partial charge on any atom is 0.0632 e. The third kappa shape index (κ3) is 1.87. The average Bonchev–Trinajstić information content (AvgIpc) is 2.84. The van der Waals surface area contributed by atoms with Gasteiger partial charge in [0.05, 0.1) is 11.8 Å². The molecule has 0 amide bonds. The molecule has 4 saturated carbocycles. The second-order valence-corrected chi connectivity index (χ2v) is 9.13. The number of oxime groups is 1. The molecular weight excluding hydrogens is 274 g/mol. The topological polar surface area (TPSA) is 52.8 Å². The van der Waals surface area contributed by atoms with Gasteiger partial charge in [-0.15, -0.1) is 0 Å². The molecule has 0 saturated heterocycles. The van der Waals surface area contributed by atoms with E-state index in [1.807, 2.05) is 0 Å². The molecule has 22 heavy (non-hydrogen) atoms.